The minimum Gasteiger partial charge on any atom is -0.368 e. The lowest BCUT2D eigenvalue weighted by atomic mass is 10.1. The highest BCUT2D eigenvalue weighted by atomic mass is 32.2. The van der Waals surface area contributed by atoms with Gasteiger partial charge in [0.2, 0.25) is 5.91 Å². The predicted molar refractivity (Wildman–Crippen MR) is 114 cm³/mol. The third-order valence-electron chi connectivity index (χ3n) is 5.41. The van der Waals surface area contributed by atoms with Crippen molar-refractivity contribution in [2.24, 2.45) is 0 Å². The lowest BCUT2D eigenvalue weighted by Crippen LogP contribution is -2.49. The van der Waals surface area contributed by atoms with Gasteiger partial charge in [0.05, 0.1) is 11.3 Å². The van der Waals surface area contributed by atoms with E-state index in [0.29, 0.717) is 16.3 Å². The Hall–Kier alpha value is -2.52. The van der Waals surface area contributed by atoms with Gasteiger partial charge < -0.3 is 9.80 Å². The lowest BCUT2D eigenvalue weighted by Gasteiger charge is -2.36. The number of anilines is 1. The fourth-order valence-corrected chi connectivity index (χ4v) is 4.39. The van der Waals surface area contributed by atoms with Crippen LogP contribution in [0.15, 0.2) is 29.3 Å². The standard InChI is InChI=1S/C22H26N4OS/c1-15-6-5-7-19(12-15)25-8-10-26(11-9-25)21(27)14-28-22-20(13-23)17(3)16(2)18(4)24-22/h5-7,12H,8-11,14H2,1-4H3. The summed E-state index contributed by atoms with van der Waals surface area (Å²) in [5.74, 6) is 0.420. The summed E-state index contributed by atoms with van der Waals surface area (Å²) in [6.07, 6.45) is 0. The first-order valence-electron chi connectivity index (χ1n) is 9.50. The number of piperazine rings is 1. The second-order valence-electron chi connectivity index (χ2n) is 7.23. The van der Waals surface area contributed by atoms with Gasteiger partial charge >= 0.3 is 0 Å². The Morgan fingerprint density at radius 1 is 1.14 bits per heavy atom. The summed E-state index contributed by atoms with van der Waals surface area (Å²) in [7, 11) is 0. The molecular formula is C22H26N4OS. The molecule has 1 aliphatic heterocycles. The molecule has 1 amide bonds. The third kappa shape index (κ3) is 4.31. The number of aromatic nitrogens is 1. The van der Waals surface area contributed by atoms with Gasteiger partial charge in [0.25, 0.3) is 0 Å². The molecule has 0 bridgehead atoms. The molecule has 0 unspecified atom stereocenters. The maximum absolute atomic E-state index is 12.7. The molecule has 6 heteroatoms. The lowest BCUT2D eigenvalue weighted by molar-refractivity contribution is -0.128. The van der Waals surface area contributed by atoms with Gasteiger partial charge in [0, 0.05) is 37.6 Å². The zero-order chi connectivity index (χ0) is 20.3. The second kappa shape index (κ2) is 8.66. The highest BCUT2D eigenvalue weighted by molar-refractivity contribution is 8.00. The molecule has 5 nitrogen and oxygen atoms in total. The maximum atomic E-state index is 12.7. The average Bonchev–Trinajstić information content (AvgIpc) is 2.70. The number of amides is 1. The number of hydrogen-bond donors (Lipinski definition) is 0. The molecular weight excluding hydrogens is 368 g/mol. The molecule has 0 radical (unpaired) electrons. The molecule has 2 aromatic rings. The van der Waals surface area contributed by atoms with Gasteiger partial charge in [-0.05, 0) is 56.5 Å². The van der Waals surface area contributed by atoms with E-state index in [4.69, 9.17) is 0 Å². The Morgan fingerprint density at radius 3 is 2.50 bits per heavy atom. The quantitative estimate of drug-likeness (QED) is 0.741. The summed E-state index contributed by atoms with van der Waals surface area (Å²) in [5, 5.41) is 10.1. The van der Waals surface area contributed by atoms with E-state index >= 15 is 0 Å². The number of thioether (sulfide) groups is 1. The molecule has 3 rings (SSSR count). The van der Waals surface area contributed by atoms with E-state index in [1.54, 1.807) is 0 Å². The van der Waals surface area contributed by atoms with E-state index in [1.165, 1.54) is 23.0 Å². The van der Waals surface area contributed by atoms with E-state index < -0.39 is 0 Å². The number of nitriles is 1. The van der Waals surface area contributed by atoms with Crippen molar-refractivity contribution in [1.82, 2.24) is 9.88 Å². The van der Waals surface area contributed by atoms with Crippen LogP contribution in [0.1, 0.15) is 27.9 Å². The van der Waals surface area contributed by atoms with Crippen LogP contribution in [0, 0.1) is 39.0 Å². The highest BCUT2D eigenvalue weighted by Crippen LogP contribution is 2.27. The zero-order valence-electron chi connectivity index (χ0n) is 17.0. The average molecular weight is 395 g/mol. The minimum atomic E-state index is 0.107. The highest BCUT2D eigenvalue weighted by Gasteiger charge is 2.22. The van der Waals surface area contributed by atoms with E-state index in [9.17, 15) is 10.1 Å². The summed E-state index contributed by atoms with van der Waals surface area (Å²) >= 11 is 1.37. The minimum absolute atomic E-state index is 0.107. The van der Waals surface area contributed by atoms with Crippen molar-refractivity contribution in [3.05, 3.63) is 52.2 Å². The van der Waals surface area contributed by atoms with Crippen LogP contribution in [0.2, 0.25) is 0 Å². The number of hydrogen-bond acceptors (Lipinski definition) is 5. The van der Waals surface area contributed by atoms with Crippen molar-refractivity contribution in [2.45, 2.75) is 32.7 Å². The first-order chi connectivity index (χ1) is 13.4. The van der Waals surface area contributed by atoms with Crippen LogP contribution < -0.4 is 4.90 Å². The van der Waals surface area contributed by atoms with Crippen LogP contribution in [-0.2, 0) is 4.79 Å². The fourth-order valence-electron chi connectivity index (χ4n) is 3.41. The number of pyridine rings is 1. The second-order valence-corrected chi connectivity index (χ2v) is 8.20. The number of aryl methyl sites for hydroxylation is 2. The van der Waals surface area contributed by atoms with E-state index in [2.05, 4.69) is 47.1 Å². The normalized spacial score (nSPS) is 14.1. The van der Waals surface area contributed by atoms with Crippen molar-refractivity contribution in [3.8, 4) is 6.07 Å². The van der Waals surface area contributed by atoms with Crippen molar-refractivity contribution >= 4 is 23.4 Å². The van der Waals surface area contributed by atoms with Crippen LogP contribution in [0.25, 0.3) is 0 Å². The topological polar surface area (TPSA) is 60.2 Å². The number of rotatable bonds is 4. The summed E-state index contributed by atoms with van der Waals surface area (Å²) < 4.78 is 0. The molecule has 0 atom stereocenters. The summed E-state index contributed by atoms with van der Waals surface area (Å²) in [6.45, 7) is 11.1. The van der Waals surface area contributed by atoms with Gasteiger partial charge in [-0.25, -0.2) is 4.98 Å². The van der Waals surface area contributed by atoms with E-state index in [-0.39, 0.29) is 5.91 Å². The third-order valence-corrected chi connectivity index (χ3v) is 6.37. The Kier molecular flexibility index (Phi) is 6.25. The van der Waals surface area contributed by atoms with Crippen LogP contribution in [0.3, 0.4) is 0 Å². The molecule has 0 saturated carbocycles. The van der Waals surface area contributed by atoms with Crippen molar-refractivity contribution in [2.75, 3.05) is 36.8 Å². The van der Waals surface area contributed by atoms with Crippen LogP contribution in [0.4, 0.5) is 5.69 Å². The molecule has 1 aromatic carbocycles. The van der Waals surface area contributed by atoms with Crippen molar-refractivity contribution in [3.63, 3.8) is 0 Å². The molecule has 0 aliphatic carbocycles. The molecule has 0 N–H and O–H groups in total. The number of carbonyl (C=O) groups is 1. The van der Waals surface area contributed by atoms with Gasteiger partial charge in [0.15, 0.2) is 0 Å². The molecule has 1 aliphatic rings. The SMILES string of the molecule is Cc1cccc(N2CCN(C(=O)CSc3nc(C)c(C)c(C)c3C#N)CC2)c1. The Morgan fingerprint density at radius 2 is 1.86 bits per heavy atom. The molecule has 1 aromatic heterocycles. The predicted octanol–water partition coefficient (Wildman–Crippen LogP) is 3.63. The van der Waals surface area contributed by atoms with E-state index in [0.717, 1.165) is 43.0 Å². The van der Waals surface area contributed by atoms with E-state index in [1.807, 2.05) is 25.7 Å². The fraction of sp³-hybridized carbons (Fsp3) is 0.409. The zero-order valence-corrected chi connectivity index (χ0v) is 17.8. The summed E-state index contributed by atoms with van der Waals surface area (Å²) in [5.41, 5.74) is 5.96. The summed E-state index contributed by atoms with van der Waals surface area (Å²) in [6, 6.07) is 10.7. The molecule has 1 saturated heterocycles. The Balaban J connectivity index is 1.59. The first kappa shape index (κ1) is 20.2. The molecule has 0 spiro atoms. The monoisotopic (exact) mass is 394 g/mol. The molecule has 146 valence electrons. The Labute approximate surface area is 171 Å². The van der Waals surface area contributed by atoms with Gasteiger partial charge in [0.1, 0.15) is 11.1 Å². The van der Waals surface area contributed by atoms with Gasteiger partial charge in [-0.3, -0.25) is 4.79 Å². The van der Waals surface area contributed by atoms with Gasteiger partial charge in [-0.1, -0.05) is 23.9 Å². The number of nitrogens with zero attached hydrogens (tertiary/aromatic N) is 4. The summed E-state index contributed by atoms with van der Waals surface area (Å²) in [4.78, 5) is 21.5. The van der Waals surface area contributed by atoms with Crippen LogP contribution >= 0.6 is 11.8 Å². The van der Waals surface area contributed by atoms with Crippen molar-refractivity contribution < 1.29 is 4.79 Å². The molecule has 2 heterocycles. The van der Waals surface area contributed by atoms with Gasteiger partial charge in [-0.2, -0.15) is 5.26 Å². The largest absolute Gasteiger partial charge is 0.368 e. The van der Waals surface area contributed by atoms with Crippen LogP contribution in [-0.4, -0.2) is 47.7 Å². The first-order valence-corrected chi connectivity index (χ1v) is 10.5. The molecule has 1 fully saturated rings. The van der Waals surface area contributed by atoms with Crippen LogP contribution in [0.5, 0.6) is 0 Å². The molecule has 28 heavy (non-hydrogen) atoms. The van der Waals surface area contributed by atoms with Crippen molar-refractivity contribution in [1.29, 1.82) is 5.26 Å². The maximum Gasteiger partial charge on any atom is 0.233 e. The van der Waals surface area contributed by atoms with Gasteiger partial charge in [-0.15, -0.1) is 0 Å². The number of carbonyl (C=O) groups excluding carboxylic acids is 1. The Bertz CT molecular complexity index is 927. The number of benzene rings is 1. The smallest absolute Gasteiger partial charge is 0.233 e.